The van der Waals surface area contributed by atoms with Gasteiger partial charge in [-0.2, -0.15) is 0 Å². The van der Waals surface area contributed by atoms with E-state index in [1.807, 2.05) is 0 Å². The van der Waals surface area contributed by atoms with Gasteiger partial charge in [0.2, 0.25) is 0 Å². The molecule has 2 N–H and O–H groups in total. The van der Waals surface area contributed by atoms with Crippen molar-refractivity contribution in [3.05, 3.63) is 24.3 Å². The standard InChI is InChI=1S/C14H19F3N2O3/c1-13(2,3)22-12(20)19-9-8-18-10-6-4-5-7-11(10)21-14(15,16)17/h4-7,18H,8-9H2,1-3H3,(H,19,20). The van der Waals surface area contributed by atoms with Gasteiger partial charge in [-0.15, -0.1) is 13.2 Å². The lowest BCUT2D eigenvalue weighted by molar-refractivity contribution is -0.274. The first-order chi connectivity index (χ1) is 10.1. The third-order valence-electron chi connectivity index (χ3n) is 2.22. The van der Waals surface area contributed by atoms with E-state index in [9.17, 15) is 18.0 Å². The third-order valence-corrected chi connectivity index (χ3v) is 2.22. The van der Waals surface area contributed by atoms with Gasteiger partial charge in [-0.25, -0.2) is 4.79 Å². The number of alkyl carbamates (subject to hydrolysis) is 1. The van der Waals surface area contributed by atoms with Gasteiger partial charge in [-0.05, 0) is 32.9 Å². The van der Waals surface area contributed by atoms with Crippen LogP contribution in [-0.2, 0) is 4.74 Å². The average Bonchev–Trinajstić information content (AvgIpc) is 2.32. The SMILES string of the molecule is CC(C)(C)OC(=O)NCCNc1ccccc1OC(F)(F)F. The van der Waals surface area contributed by atoms with E-state index >= 15 is 0 Å². The molecule has 1 aromatic rings. The minimum Gasteiger partial charge on any atom is -0.444 e. The summed E-state index contributed by atoms with van der Waals surface area (Å²) in [5, 5.41) is 5.25. The zero-order valence-electron chi connectivity index (χ0n) is 12.6. The first-order valence-corrected chi connectivity index (χ1v) is 6.62. The van der Waals surface area contributed by atoms with Crippen molar-refractivity contribution >= 4 is 11.8 Å². The average molecular weight is 320 g/mol. The summed E-state index contributed by atoms with van der Waals surface area (Å²) in [5.74, 6) is -0.327. The predicted molar refractivity (Wildman–Crippen MR) is 75.9 cm³/mol. The molecular formula is C14H19F3N2O3. The number of hydrogen-bond acceptors (Lipinski definition) is 4. The molecule has 0 fully saturated rings. The largest absolute Gasteiger partial charge is 0.573 e. The maximum atomic E-state index is 12.2. The summed E-state index contributed by atoms with van der Waals surface area (Å²) in [5.41, 5.74) is -0.421. The van der Waals surface area contributed by atoms with Gasteiger partial charge in [-0.1, -0.05) is 12.1 Å². The van der Waals surface area contributed by atoms with Gasteiger partial charge >= 0.3 is 12.5 Å². The van der Waals surface area contributed by atoms with Crippen LogP contribution in [0.5, 0.6) is 5.75 Å². The molecule has 1 aromatic carbocycles. The molecule has 0 saturated carbocycles. The number of carbonyl (C=O) groups excluding carboxylic acids is 1. The topological polar surface area (TPSA) is 59.6 Å². The molecule has 0 spiro atoms. The fourth-order valence-corrected chi connectivity index (χ4v) is 1.50. The van der Waals surface area contributed by atoms with Crippen molar-refractivity contribution in [1.82, 2.24) is 5.32 Å². The van der Waals surface area contributed by atoms with Crippen molar-refractivity contribution < 1.29 is 27.4 Å². The van der Waals surface area contributed by atoms with Crippen LogP contribution in [0.15, 0.2) is 24.3 Å². The number of para-hydroxylation sites is 2. The molecule has 0 aromatic heterocycles. The Morgan fingerprint density at radius 2 is 1.77 bits per heavy atom. The number of amides is 1. The van der Waals surface area contributed by atoms with Crippen LogP contribution in [0.1, 0.15) is 20.8 Å². The van der Waals surface area contributed by atoms with Crippen LogP contribution >= 0.6 is 0 Å². The van der Waals surface area contributed by atoms with Gasteiger partial charge in [0, 0.05) is 13.1 Å². The van der Waals surface area contributed by atoms with E-state index in [1.165, 1.54) is 18.2 Å². The predicted octanol–water partition coefficient (Wildman–Crippen LogP) is 3.52. The maximum absolute atomic E-state index is 12.2. The lowest BCUT2D eigenvalue weighted by Gasteiger charge is -2.20. The third kappa shape index (κ3) is 7.61. The Bertz CT molecular complexity index is 499. The van der Waals surface area contributed by atoms with Crippen LogP contribution in [0.2, 0.25) is 0 Å². The van der Waals surface area contributed by atoms with Crippen LogP contribution in [0, 0.1) is 0 Å². The van der Waals surface area contributed by atoms with Crippen molar-refractivity contribution in [3.63, 3.8) is 0 Å². The van der Waals surface area contributed by atoms with E-state index < -0.39 is 18.1 Å². The quantitative estimate of drug-likeness (QED) is 0.815. The lowest BCUT2D eigenvalue weighted by atomic mass is 10.2. The van der Waals surface area contributed by atoms with Crippen molar-refractivity contribution in [2.45, 2.75) is 32.7 Å². The normalized spacial score (nSPS) is 11.7. The summed E-state index contributed by atoms with van der Waals surface area (Å²) in [7, 11) is 0. The molecule has 0 saturated heterocycles. The highest BCUT2D eigenvalue weighted by Crippen LogP contribution is 2.29. The minimum atomic E-state index is -4.76. The molecule has 22 heavy (non-hydrogen) atoms. The Labute approximate surface area is 126 Å². The van der Waals surface area contributed by atoms with Gasteiger partial charge in [-0.3, -0.25) is 0 Å². The van der Waals surface area contributed by atoms with E-state index in [1.54, 1.807) is 26.8 Å². The van der Waals surface area contributed by atoms with E-state index in [4.69, 9.17) is 4.74 Å². The molecule has 0 aliphatic carbocycles. The number of nitrogens with one attached hydrogen (secondary N) is 2. The van der Waals surface area contributed by atoms with E-state index in [0.29, 0.717) is 0 Å². The second-order valence-electron chi connectivity index (χ2n) is 5.40. The maximum Gasteiger partial charge on any atom is 0.573 e. The Morgan fingerprint density at radius 1 is 1.14 bits per heavy atom. The second kappa shape index (κ2) is 7.24. The molecule has 0 aliphatic heterocycles. The number of halogens is 3. The van der Waals surface area contributed by atoms with Crippen molar-refractivity contribution in [1.29, 1.82) is 0 Å². The molecule has 0 aliphatic rings. The fraction of sp³-hybridized carbons (Fsp3) is 0.500. The highest BCUT2D eigenvalue weighted by molar-refractivity contribution is 5.67. The summed E-state index contributed by atoms with van der Waals surface area (Å²) >= 11 is 0. The number of ether oxygens (including phenoxy) is 2. The molecule has 5 nitrogen and oxygen atoms in total. The van der Waals surface area contributed by atoms with Crippen LogP contribution in [0.4, 0.5) is 23.7 Å². The minimum absolute atomic E-state index is 0.186. The zero-order valence-corrected chi connectivity index (χ0v) is 12.6. The summed E-state index contributed by atoms with van der Waals surface area (Å²) in [6.45, 7) is 5.60. The van der Waals surface area contributed by atoms with Gasteiger partial charge in [0.05, 0.1) is 5.69 Å². The smallest absolute Gasteiger partial charge is 0.444 e. The lowest BCUT2D eigenvalue weighted by Crippen LogP contribution is -2.35. The number of benzene rings is 1. The summed E-state index contributed by atoms with van der Waals surface area (Å²) in [6.07, 6.45) is -5.35. The van der Waals surface area contributed by atoms with Crippen LogP contribution in [0.25, 0.3) is 0 Å². The van der Waals surface area contributed by atoms with Gasteiger partial charge < -0.3 is 20.1 Å². The molecule has 0 atom stereocenters. The number of hydrogen-bond donors (Lipinski definition) is 2. The number of anilines is 1. The molecule has 0 radical (unpaired) electrons. The first kappa shape index (κ1) is 17.9. The molecule has 1 amide bonds. The van der Waals surface area contributed by atoms with Crippen LogP contribution in [0.3, 0.4) is 0 Å². The number of alkyl halides is 3. The molecule has 0 heterocycles. The first-order valence-electron chi connectivity index (χ1n) is 6.62. The Kier molecular flexibility index (Phi) is 5.90. The second-order valence-corrected chi connectivity index (χ2v) is 5.40. The van der Waals surface area contributed by atoms with Crippen molar-refractivity contribution in [2.75, 3.05) is 18.4 Å². The molecule has 124 valence electrons. The van der Waals surface area contributed by atoms with Gasteiger partial charge in [0.25, 0.3) is 0 Å². The molecule has 1 rings (SSSR count). The van der Waals surface area contributed by atoms with E-state index in [0.717, 1.165) is 0 Å². The summed E-state index contributed by atoms with van der Waals surface area (Å²) in [6, 6.07) is 5.67. The Hall–Kier alpha value is -2.12. The molecule has 0 unspecified atom stereocenters. The van der Waals surface area contributed by atoms with Crippen molar-refractivity contribution in [2.24, 2.45) is 0 Å². The Balaban J connectivity index is 2.44. The van der Waals surface area contributed by atoms with Crippen molar-refractivity contribution in [3.8, 4) is 5.75 Å². The van der Waals surface area contributed by atoms with Crippen LogP contribution in [-0.4, -0.2) is 31.1 Å². The molecular weight excluding hydrogens is 301 g/mol. The van der Waals surface area contributed by atoms with Gasteiger partial charge in [0.1, 0.15) is 5.60 Å². The highest BCUT2D eigenvalue weighted by atomic mass is 19.4. The number of rotatable bonds is 5. The summed E-state index contributed by atoms with van der Waals surface area (Å²) < 4.78 is 45.7. The monoisotopic (exact) mass is 320 g/mol. The number of carbonyl (C=O) groups is 1. The van der Waals surface area contributed by atoms with E-state index in [2.05, 4.69) is 15.4 Å². The van der Waals surface area contributed by atoms with E-state index in [-0.39, 0.29) is 24.5 Å². The van der Waals surface area contributed by atoms with Crippen LogP contribution < -0.4 is 15.4 Å². The Morgan fingerprint density at radius 3 is 2.36 bits per heavy atom. The zero-order chi connectivity index (χ0) is 16.8. The summed E-state index contributed by atoms with van der Waals surface area (Å²) in [4.78, 5) is 11.4. The highest BCUT2D eigenvalue weighted by Gasteiger charge is 2.32. The molecule has 8 heteroatoms. The van der Waals surface area contributed by atoms with Gasteiger partial charge in [0.15, 0.2) is 5.75 Å². The fourth-order valence-electron chi connectivity index (χ4n) is 1.50. The molecule has 0 bridgehead atoms.